The standard InChI is InChI=1S/C21H20N4O2S/c1-12-6-5-7-18(14(12)3)25-21(22-23-24-25)28-11-16-10-19(26)27-20-15(4)13(2)8-9-17(16)20/h5-10H,11H2,1-4H3. The Balaban J connectivity index is 1.71. The number of benzene rings is 2. The van der Waals surface area contributed by atoms with Gasteiger partial charge in [0, 0.05) is 17.2 Å². The van der Waals surface area contributed by atoms with Gasteiger partial charge in [-0.3, -0.25) is 0 Å². The first-order valence-corrected chi connectivity index (χ1v) is 9.95. The third kappa shape index (κ3) is 3.22. The van der Waals surface area contributed by atoms with Crippen molar-refractivity contribution in [1.82, 2.24) is 20.2 Å². The van der Waals surface area contributed by atoms with Crippen LogP contribution in [0.5, 0.6) is 0 Å². The number of rotatable bonds is 4. The van der Waals surface area contributed by atoms with Gasteiger partial charge in [-0.05, 0) is 72.0 Å². The number of hydrogen-bond donors (Lipinski definition) is 0. The zero-order valence-electron chi connectivity index (χ0n) is 16.2. The number of tetrazole rings is 1. The third-order valence-electron chi connectivity index (χ3n) is 5.12. The summed E-state index contributed by atoms with van der Waals surface area (Å²) in [5.74, 6) is 0.565. The van der Waals surface area contributed by atoms with Gasteiger partial charge in [-0.15, -0.1) is 5.10 Å². The van der Waals surface area contributed by atoms with E-state index in [0.717, 1.165) is 33.3 Å². The molecule has 0 bridgehead atoms. The summed E-state index contributed by atoms with van der Waals surface area (Å²) in [6.07, 6.45) is 0. The summed E-state index contributed by atoms with van der Waals surface area (Å²) in [6.45, 7) is 8.10. The highest BCUT2D eigenvalue weighted by atomic mass is 32.2. The van der Waals surface area contributed by atoms with Crippen molar-refractivity contribution >= 4 is 22.7 Å². The lowest BCUT2D eigenvalue weighted by atomic mass is 10.0. The summed E-state index contributed by atoms with van der Waals surface area (Å²) in [4.78, 5) is 12.1. The van der Waals surface area contributed by atoms with E-state index in [9.17, 15) is 4.79 Å². The van der Waals surface area contributed by atoms with E-state index in [1.165, 1.54) is 17.3 Å². The molecular weight excluding hydrogens is 372 g/mol. The fourth-order valence-corrected chi connectivity index (χ4v) is 4.05. The average Bonchev–Trinajstić information content (AvgIpc) is 3.13. The van der Waals surface area contributed by atoms with Crippen LogP contribution in [0, 0.1) is 27.7 Å². The van der Waals surface area contributed by atoms with Gasteiger partial charge in [0.2, 0.25) is 5.16 Å². The first-order chi connectivity index (χ1) is 13.5. The van der Waals surface area contributed by atoms with Crippen LogP contribution in [-0.2, 0) is 5.75 Å². The average molecular weight is 392 g/mol. The number of hydrogen-bond acceptors (Lipinski definition) is 6. The number of aryl methyl sites for hydroxylation is 3. The molecule has 4 aromatic rings. The van der Waals surface area contributed by atoms with Gasteiger partial charge >= 0.3 is 5.63 Å². The van der Waals surface area contributed by atoms with Crippen LogP contribution in [0.3, 0.4) is 0 Å². The quantitative estimate of drug-likeness (QED) is 0.381. The molecular formula is C21H20N4O2S. The Bertz CT molecular complexity index is 1240. The monoisotopic (exact) mass is 392 g/mol. The smallest absolute Gasteiger partial charge is 0.336 e. The van der Waals surface area contributed by atoms with Gasteiger partial charge in [-0.2, -0.15) is 4.68 Å². The van der Waals surface area contributed by atoms with E-state index in [0.29, 0.717) is 16.5 Å². The molecule has 0 spiro atoms. The summed E-state index contributed by atoms with van der Waals surface area (Å²) in [5, 5.41) is 13.8. The van der Waals surface area contributed by atoms with Gasteiger partial charge in [0.1, 0.15) is 5.58 Å². The maximum atomic E-state index is 12.1. The van der Waals surface area contributed by atoms with Gasteiger partial charge in [0.25, 0.3) is 0 Å². The lowest BCUT2D eigenvalue weighted by Crippen LogP contribution is -2.04. The molecule has 0 aliphatic carbocycles. The first-order valence-electron chi connectivity index (χ1n) is 8.96. The minimum atomic E-state index is -0.342. The predicted molar refractivity (Wildman–Crippen MR) is 110 cm³/mol. The van der Waals surface area contributed by atoms with Crippen molar-refractivity contribution in [2.45, 2.75) is 38.6 Å². The first kappa shape index (κ1) is 18.4. The van der Waals surface area contributed by atoms with Crippen LogP contribution in [-0.4, -0.2) is 20.2 Å². The van der Waals surface area contributed by atoms with Crippen LogP contribution in [0.15, 0.2) is 50.8 Å². The number of nitrogens with zero attached hydrogens (tertiary/aromatic N) is 4. The second kappa shape index (κ2) is 7.24. The lowest BCUT2D eigenvalue weighted by Gasteiger charge is -2.10. The minimum Gasteiger partial charge on any atom is -0.422 e. The van der Waals surface area contributed by atoms with Crippen molar-refractivity contribution in [3.05, 3.63) is 74.6 Å². The van der Waals surface area contributed by atoms with E-state index in [1.807, 2.05) is 38.1 Å². The number of thioether (sulfide) groups is 1. The predicted octanol–water partition coefficient (Wildman–Crippen LogP) is 4.29. The fourth-order valence-electron chi connectivity index (χ4n) is 3.17. The van der Waals surface area contributed by atoms with Gasteiger partial charge in [0.15, 0.2) is 0 Å². The maximum Gasteiger partial charge on any atom is 0.336 e. The summed E-state index contributed by atoms with van der Waals surface area (Å²) in [6, 6.07) is 11.7. The highest BCUT2D eigenvalue weighted by molar-refractivity contribution is 7.98. The van der Waals surface area contributed by atoms with Crippen molar-refractivity contribution in [1.29, 1.82) is 0 Å². The minimum absolute atomic E-state index is 0.342. The molecule has 0 aliphatic heterocycles. The number of aromatic nitrogens is 4. The van der Waals surface area contributed by atoms with Crippen molar-refractivity contribution in [3.8, 4) is 5.69 Å². The fraction of sp³-hybridized carbons (Fsp3) is 0.238. The van der Waals surface area contributed by atoms with E-state index in [4.69, 9.17) is 4.42 Å². The topological polar surface area (TPSA) is 73.8 Å². The Morgan fingerprint density at radius 3 is 2.64 bits per heavy atom. The van der Waals surface area contributed by atoms with Crippen molar-refractivity contribution in [2.75, 3.05) is 0 Å². The zero-order valence-corrected chi connectivity index (χ0v) is 17.0. The van der Waals surface area contributed by atoms with Gasteiger partial charge in [-0.1, -0.05) is 36.0 Å². The second-order valence-electron chi connectivity index (χ2n) is 6.86. The van der Waals surface area contributed by atoms with E-state index >= 15 is 0 Å². The van der Waals surface area contributed by atoms with Gasteiger partial charge < -0.3 is 4.42 Å². The molecule has 2 aromatic heterocycles. The summed E-state index contributed by atoms with van der Waals surface area (Å²) in [7, 11) is 0. The van der Waals surface area contributed by atoms with Crippen LogP contribution < -0.4 is 5.63 Å². The van der Waals surface area contributed by atoms with Crippen molar-refractivity contribution in [2.24, 2.45) is 0 Å². The molecule has 142 valence electrons. The molecule has 0 unspecified atom stereocenters. The highest BCUT2D eigenvalue weighted by Gasteiger charge is 2.14. The normalized spacial score (nSPS) is 11.3. The van der Waals surface area contributed by atoms with Crippen molar-refractivity contribution in [3.63, 3.8) is 0 Å². The molecule has 6 nitrogen and oxygen atoms in total. The molecule has 0 amide bonds. The molecule has 28 heavy (non-hydrogen) atoms. The Morgan fingerprint density at radius 1 is 1.04 bits per heavy atom. The molecule has 2 aromatic carbocycles. The van der Waals surface area contributed by atoms with Crippen LogP contribution in [0.2, 0.25) is 0 Å². The van der Waals surface area contributed by atoms with E-state index < -0.39 is 0 Å². The highest BCUT2D eigenvalue weighted by Crippen LogP contribution is 2.29. The van der Waals surface area contributed by atoms with Gasteiger partial charge in [0.05, 0.1) is 5.69 Å². The molecule has 0 radical (unpaired) electrons. The Labute approximate surface area is 166 Å². The summed E-state index contributed by atoms with van der Waals surface area (Å²) < 4.78 is 7.21. The molecule has 0 atom stereocenters. The second-order valence-corrected chi connectivity index (χ2v) is 7.80. The lowest BCUT2D eigenvalue weighted by molar-refractivity contribution is 0.557. The maximum absolute atomic E-state index is 12.1. The Kier molecular flexibility index (Phi) is 4.77. The van der Waals surface area contributed by atoms with Gasteiger partial charge in [-0.25, -0.2) is 4.79 Å². The molecule has 0 fully saturated rings. The van der Waals surface area contributed by atoms with Crippen LogP contribution in [0.25, 0.3) is 16.7 Å². The van der Waals surface area contributed by atoms with E-state index in [-0.39, 0.29) is 5.63 Å². The molecule has 2 heterocycles. The molecule has 0 aliphatic rings. The largest absolute Gasteiger partial charge is 0.422 e. The van der Waals surface area contributed by atoms with Crippen LogP contribution in [0.4, 0.5) is 0 Å². The zero-order chi connectivity index (χ0) is 19.8. The summed E-state index contributed by atoms with van der Waals surface area (Å²) in [5.41, 5.74) is 6.57. The Morgan fingerprint density at radius 2 is 1.82 bits per heavy atom. The Hall–Kier alpha value is -2.93. The molecule has 0 N–H and O–H groups in total. The molecule has 4 rings (SSSR count). The number of fused-ring (bicyclic) bond motifs is 1. The van der Waals surface area contributed by atoms with Crippen LogP contribution in [0.1, 0.15) is 27.8 Å². The summed E-state index contributed by atoms with van der Waals surface area (Å²) >= 11 is 1.50. The van der Waals surface area contributed by atoms with E-state index in [2.05, 4.69) is 35.4 Å². The molecule has 0 saturated carbocycles. The van der Waals surface area contributed by atoms with Crippen LogP contribution >= 0.6 is 11.8 Å². The SMILES string of the molecule is Cc1cccc(-n2nnnc2SCc2cc(=O)oc3c(C)c(C)ccc23)c1C. The molecule has 0 saturated heterocycles. The van der Waals surface area contributed by atoms with E-state index in [1.54, 1.807) is 10.7 Å². The molecule has 7 heteroatoms. The van der Waals surface area contributed by atoms with Crippen molar-refractivity contribution < 1.29 is 4.42 Å². The third-order valence-corrected chi connectivity index (χ3v) is 6.09.